The summed E-state index contributed by atoms with van der Waals surface area (Å²) in [6.07, 6.45) is 0.322. The monoisotopic (exact) mass is 270 g/mol. The van der Waals surface area contributed by atoms with Gasteiger partial charge in [-0.05, 0) is 25.5 Å². The zero-order valence-electron chi connectivity index (χ0n) is 10.3. The Morgan fingerprint density at radius 2 is 1.89 bits per heavy atom. The molecule has 1 rings (SSSR count). The second-order valence-electron chi connectivity index (χ2n) is 3.56. The number of carbonyl (C=O) groups excluding carboxylic acids is 2. The van der Waals surface area contributed by atoms with Crippen LogP contribution in [0.1, 0.15) is 20.3 Å². The molecule has 0 aromatic heterocycles. The fourth-order valence-electron chi connectivity index (χ4n) is 1.38. The lowest BCUT2D eigenvalue weighted by atomic mass is 10.1. The van der Waals surface area contributed by atoms with E-state index in [2.05, 4.69) is 0 Å². The third-order valence-corrected chi connectivity index (χ3v) is 2.62. The van der Waals surface area contributed by atoms with Crippen molar-refractivity contribution in [3.63, 3.8) is 0 Å². The highest BCUT2D eigenvalue weighted by molar-refractivity contribution is 6.32. The Morgan fingerprint density at radius 1 is 1.22 bits per heavy atom. The molecule has 18 heavy (non-hydrogen) atoms. The lowest BCUT2D eigenvalue weighted by Gasteiger charge is -2.13. The fourth-order valence-corrected chi connectivity index (χ4v) is 1.55. The molecule has 98 valence electrons. The largest absolute Gasteiger partial charge is 0.465 e. The van der Waals surface area contributed by atoms with Crippen molar-refractivity contribution in [3.8, 4) is 5.75 Å². The number of rotatable bonds is 5. The Hall–Kier alpha value is -1.55. The van der Waals surface area contributed by atoms with E-state index in [1.54, 1.807) is 38.1 Å². The molecule has 1 aromatic rings. The Balaban J connectivity index is 2.74. The summed E-state index contributed by atoms with van der Waals surface area (Å²) in [6, 6.07) is 6.59. The molecule has 1 atom stereocenters. The van der Waals surface area contributed by atoms with Gasteiger partial charge in [0.15, 0.2) is 5.92 Å². The van der Waals surface area contributed by atoms with Crippen LogP contribution in [0.25, 0.3) is 0 Å². The molecular weight excluding hydrogens is 256 g/mol. The van der Waals surface area contributed by atoms with Gasteiger partial charge in [-0.3, -0.25) is 9.59 Å². The number of hydrogen-bond donors (Lipinski definition) is 0. The van der Waals surface area contributed by atoms with Gasteiger partial charge in [0, 0.05) is 0 Å². The van der Waals surface area contributed by atoms with Crippen LogP contribution in [0.4, 0.5) is 0 Å². The Bertz CT molecular complexity index is 431. The maximum atomic E-state index is 11.8. The standard InChI is InChI=1S/C13H15ClO4/c1-3-9(12(15)17-4-2)13(16)18-11-8-6-5-7-10(11)14/h5-9H,3-4H2,1-2H3. The van der Waals surface area contributed by atoms with Gasteiger partial charge in [-0.25, -0.2) is 0 Å². The molecule has 0 aliphatic carbocycles. The highest BCUT2D eigenvalue weighted by atomic mass is 35.5. The second-order valence-corrected chi connectivity index (χ2v) is 3.97. The van der Waals surface area contributed by atoms with Crippen LogP contribution in [0, 0.1) is 5.92 Å². The highest BCUT2D eigenvalue weighted by Gasteiger charge is 2.28. The van der Waals surface area contributed by atoms with Gasteiger partial charge >= 0.3 is 11.9 Å². The number of halogens is 1. The van der Waals surface area contributed by atoms with Crippen molar-refractivity contribution in [1.82, 2.24) is 0 Å². The summed E-state index contributed by atoms with van der Waals surface area (Å²) in [5, 5.41) is 0.324. The molecule has 0 radical (unpaired) electrons. The third kappa shape index (κ3) is 3.74. The molecule has 5 heteroatoms. The van der Waals surface area contributed by atoms with Crippen molar-refractivity contribution in [2.75, 3.05) is 6.61 Å². The minimum absolute atomic E-state index is 0.231. The van der Waals surface area contributed by atoms with Crippen LogP contribution in [0.2, 0.25) is 5.02 Å². The van der Waals surface area contributed by atoms with E-state index >= 15 is 0 Å². The zero-order chi connectivity index (χ0) is 13.5. The first kappa shape index (κ1) is 14.5. The Labute approximate surface area is 111 Å². The summed E-state index contributed by atoms with van der Waals surface area (Å²) < 4.78 is 9.91. The maximum Gasteiger partial charge on any atom is 0.325 e. The van der Waals surface area contributed by atoms with Crippen molar-refractivity contribution >= 4 is 23.5 Å². The molecule has 0 fully saturated rings. The van der Waals surface area contributed by atoms with E-state index in [0.29, 0.717) is 11.4 Å². The van der Waals surface area contributed by atoms with E-state index in [-0.39, 0.29) is 12.4 Å². The maximum absolute atomic E-state index is 11.8. The quantitative estimate of drug-likeness (QED) is 0.469. The van der Waals surface area contributed by atoms with Crippen molar-refractivity contribution in [2.45, 2.75) is 20.3 Å². The minimum atomic E-state index is -0.916. The highest BCUT2D eigenvalue weighted by Crippen LogP contribution is 2.24. The van der Waals surface area contributed by atoms with Gasteiger partial charge in [0.05, 0.1) is 11.6 Å². The predicted octanol–water partition coefficient (Wildman–Crippen LogP) is 2.83. The summed E-state index contributed by atoms with van der Waals surface area (Å²) in [5.41, 5.74) is 0. The van der Waals surface area contributed by atoms with Crippen molar-refractivity contribution in [1.29, 1.82) is 0 Å². The number of ether oxygens (including phenoxy) is 2. The van der Waals surface area contributed by atoms with Crippen LogP contribution in [-0.4, -0.2) is 18.5 Å². The smallest absolute Gasteiger partial charge is 0.325 e. The molecule has 0 aliphatic rings. The number of para-hydroxylation sites is 1. The first-order chi connectivity index (χ1) is 8.60. The molecule has 1 unspecified atom stereocenters. The first-order valence-electron chi connectivity index (χ1n) is 5.73. The average molecular weight is 271 g/mol. The number of carbonyl (C=O) groups is 2. The lowest BCUT2D eigenvalue weighted by molar-refractivity contribution is -0.157. The number of esters is 2. The van der Waals surface area contributed by atoms with Gasteiger partial charge in [0.2, 0.25) is 0 Å². The molecule has 1 aromatic carbocycles. The molecule has 0 spiro atoms. The van der Waals surface area contributed by atoms with Crippen LogP contribution < -0.4 is 4.74 Å². The molecule has 0 amide bonds. The van der Waals surface area contributed by atoms with Crippen molar-refractivity contribution in [2.24, 2.45) is 5.92 Å². The summed E-state index contributed by atoms with van der Waals surface area (Å²) in [6.45, 7) is 3.63. The molecular formula is C13H15ClO4. The Kier molecular flexibility index (Phi) is 5.65. The normalized spacial score (nSPS) is 11.7. The summed E-state index contributed by atoms with van der Waals surface area (Å²) in [7, 11) is 0. The van der Waals surface area contributed by atoms with Crippen LogP contribution in [-0.2, 0) is 14.3 Å². The second kappa shape index (κ2) is 7.01. The van der Waals surface area contributed by atoms with Gasteiger partial charge in [-0.1, -0.05) is 30.7 Å². The van der Waals surface area contributed by atoms with E-state index in [1.807, 2.05) is 0 Å². The Morgan fingerprint density at radius 3 is 2.44 bits per heavy atom. The van der Waals surface area contributed by atoms with E-state index in [0.717, 1.165) is 0 Å². The van der Waals surface area contributed by atoms with Crippen LogP contribution >= 0.6 is 11.6 Å². The predicted molar refractivity (Wildman–Crippen MR) is 67.5 cm³/mol. The lowest BCUT2D eigenvalue weighted by Crippen LogP contribution is -2.29. The van der Waals surface area contributed by atoms with Gasteiger partial charge in [-0.15, -0.1) is 0 Å². The average Bonchev–Trinajstić information content (AvgIpc) is 2.33. The number of hydrogen-bond acceptors (Lipinski definition) is 4. The molecule has 0 saturated carbocycles. The van der Waals surface area contributed by atoms with Crippen molar-refractivity contribution in [3.05, 3.63) is 29.3 Å². The molecule has 0 N–H and O–H groups in total. The van der Waals surface area contributed by atoms with E-state index < -0.39 is 17.9 Å². The van der Waals surface area contributed by atoms with Gasteiger partial charge < -0.3 is 9.47 Å². The van der Waals surface area contributed by atoms with Gasteiger partial charge in [0.25, 0.3) is 0 Å². The fraction of sp³-hybridized carbons (Fsp3) is 0.385. The van der Waals surface area contributed by atoms with E-state index in [4.69, 9.17) is 21.1 Å². The summed E-state index contributed by atoms with van der Waals surface area (Å²) in [4.78, 5) is 23.4. The topological polar surface area (TPSA) is 52.6 Å². The van der Waals surface area contributed by atoms with Crippen molar-refractivity contribution < 1.29 is 19.1 Å². The molecule has 0 aliphatic heterocycles. The number of benzene rings is 1. The van der Waals surface area contributed by atoms with Gasteiger partial charge in [0.1, 0.15) is 5.75 Å². The molecule has 0 heterocycles. The van der Waals surface area contributed by atoms with E-state index in [9.17, 15) is 9.59 Å². The molecule has 0 saturated heterocycles. The first-order valence-corrected chi connectivity index (χ1v) is 6.10. The minimum Gasteiger partial charge on any atom is -0.465 e. The van der Waals surface area contributed by atoms with Crippen LogP contribution in [0.15, 0.2) is 24.3 Å². The SMILES string of the molecule is CCOC(=O)C(CC)C(=O)Oc1ccccc1Cl. The molecule has 4 nitrogen and oxygen atoms in total. The van der Waals surface area contributed by atoms with E-state index in [1.165, 1.54) is 0 Å². The molecule has 0 bridgehead atoms. The zero-order valence-corrected chi connectivity index (χ0v) is 11.1. The van der Waals surface area contributed by atoms with Gasteiger partial charge in [-0.2, -0.15) is 0 Å². The summed E-state index contributed by atoms with van der Waals surface area (Å²) >= 11 is 5.86. The third-order valence-electron chi connectivity index (χ3n) is 2.31. The summed E-state index contributed by atoms with van der Waals surface area (Å²) in [5.74, 6) is -1.89. The van der Waals surface area contributed by atoms with Crippen LogP contribution in [0.5, 0.6) is 5.75 Å². The van der Waals surface area contributed by atoms with Crippen LogP contribution in [0.3, 0.4) is 0 Å².